The molecule has 0 saturated carbocycles. The molecule has 1 heterocycles. The van der Waals surface area contributed by atoms with Gasteiger partial charge in [0.15, 0.2) is 6.10 Å². The van der Waals surface area contributed by atoms with Crippen molar-refractivity contribution in [1.29, 1.82) is 0 Å². The molecule has 1 fully saturated rings. The maximum absolute atomic E-state index is 12.6. The summed E-state index contributed by atoms with van der Waals surface area (Å²) in [6.45, 7) is 4.51. The third-order valence-corrected chi connectivity index (χ3v) is 4.85. The monoisotopic (exact) mass is 353 g/mol. The third-order valence-electron chi connectivity index (χ3n) is 4.85. The zero-order chi connectivity index (χ0) is 18.8. The molecule has 1 aliphatic heterocycles. The highest BCUT2D eigenvalue weighted by Crippen LogP contribution is 2.41. The van der Waals surface area contributed by atoms with Gasteiger partial charge in [-0.1, -0.05) is 30.3 Å². The number of esters is 1. The van der Waals surface area contributed by atoms with Crippen molar-refractivity contribution in [3.05, 3.63) is 46.0 Å². The van der Waals surface area contributed by atoms with Crippen LogP contribution in [-0.2, 0) is 23.7 Å². The first-order valence-corrected chi connectivity index (χ1v) is 7.88. The second kappa shape index (κ2) is 7.07. The van der Waals surface area contributed by atoms with E-state index in [1.165, 1.54) is 28.1 Å². The largest absolute Gasteiger partial charge is 0.425 e. The lowest BCUT2D eigenvalue weighted by atomic mass is 9.86. The van der Waals surface area contributed by atoms with E-state index in [0.29, 0.717) is 5.56 Å². The van der Waals surface area contributed by atoms with Crippen LogP contribution in [0, 0.1) is 10.1 Å². The summed E-state index contributed by atoms with van der Waals surface area (Å²) in [6.07, 6.45) is -1.21. The highest BCUT2D eigenvalue weighted by atomic mass is 16.8. The molecular formula is C17H23NO7. The lowest BCUT2D eigenvalue weighted by Crippen LogP contribution is -2.65. The number of nitro groups is 1. The molecule has 25 heavy (non-hydrogen) atoms. The molecule has 0 aliphatic carbocycles. The van der Waals surface area contributed by atoms with Gasteiger partial charge in [0.25, 0.3) is 5.79 Å². The summed E-state index contributed by atoms with van der Waals surface area (Å²) in [5.41, 5.74) is 0.605. The molecule has 0 unspecified atom stereocenters. The first-order valence-electron chi connectivity index (χ1n) is 7.88. The minimum atomic E-state index is -1.48. The van der Waals surface area contributed by atoms with Crippen molar-refractivity contribution in [2.24, 2.45) is 0 Å². The van der Waals surface area contributed by atoms with E-state index in [9.17, 15) is 14.9 Å². The van der Waals surface area contributed by atoms with Crippen LogP contribution < -0.4 is 0 Å². The van der Waals surface area contributed by atoms with Crippen LogP contribution in [0.15, 0.2) is 30.3 Å². The van der Waals surface area contributed by atoms with E-state index in [1.54, 1.807) is 37.3 Å². The van der Waals surface area contributed by atoms with Crippen molar-refractivity contribution in [3.8, 4) is 0 Å². The molecule has 0 N–H and O–H groups in total. The first kappa shape index (κ1) is 19.3. The number of hydrogen-bond donors (Lipinski definition) is 0. The number of rotatable bonds is 6. The SMILES string of the molecule is CO[C@@]1(C)OC(=O)[C@@H]([C@@H](c2ccccc2)[C@H](C)[N+](=O)[O-])O[C@]1(C)OC. The number of carbonyl (C=O) groups excluding carboxylic acids is 1. The molecule has 1 aromatic carbocycles. The Morgan fingerprint density at radius 2 is 1.72 bits per heavy atom. The van der Waals surface area contributed by atoms with E-state index < -0.39 is 40.5 Å². The minimum absolute atomic E-state index is 0.442. The van der Waals surface area contributed by atoms with Crippen LogP contribution in [-0.4, -0.2) is 48.8 Å². The van der Waals surface area contributed by atoms with Crippen molar-refractivity contribution >= 4 is 5.97 Å². The van der Waals surface area contributed by atoms with Crippen LogP contribution in [0.4, 0.5) is 0 Å². The Kier molecular flexibility index (Phi) is 5.46. The fourth-order valence-corrected chi connectivity index (χ4v) is 2.93. The van der Waals surface area contributed by atoms with Crippen LogP contribution >= 0.6 is 0 Å². The highest BCUT2D eigenvalue weighted by Gasteiger charge is 2.60. The van der Waals surface area contributed by atoms with E-state index in [-0.39, 0.29) is 0 Å². The quantitative estimate of drug-likeness (QED) is 0.439. The zero-order valence-corrected chi connectivity index (χ0v) is 14.9. The maximum atomic E-state index is 12.6. The van der Waals surface area contributed by atoms with Gasteiger partial charge in [-0.15, -0.1) is 0 Å². The van der Waals surface area contributed by atoms with Crippen LogP contribution in [0.25, 0.3) is 0 Å². The van der Waals surface area contributed by atoms with Crippen LogP contribution in [0.2, 0.25) is 0 Å². The number of ether oxygens (including phenoxy) is 4. The number of nitrogens with zero attached hydrogens (tertiary/aromatic N) is 1. The van der Waals surface area contributed by atoms with Crippen molar-refractivity contribution < 1.29 is 28.7 Å². The molecule has 0 aromatic heterocycles. The number of hydrogen-bond acceptors (Lipinski definition) is 7. The van der Waals surface area contributed by atoms with Crippen molar-refractivity contribution in [2.45, 2.75) is 50.4 Å². The molecule has 8 heteroatoms. The molecule has 138 valence electrons. The van der Waals surface area contributed by atoms with E-state index in [1.807, 2.05) is 0 Å². The summed E-state index contributed by atoms with van der Waals surface area (Å²) >= 11 is 0. The summed E-state index contributed by atoms with van der Waals surface area (Å²) in [6, 6.07) is 7.65. The molecule has 5 atom stereocenters. The molecule has 1 aromatic rings. The van der Waals surface area contributed by atoms with Crippen molar-refractivity contribution in [2.75, 3.05) is 14.2 Å². The highest BCUT2D eigenvalue weighted by molar-refractivity contribution is 5.77. The predicted molar refractivity (Wildman–Crippen MR) is 87.4 cm³/mol. The van der Waals surface area contributed by atoms with E-state index in [0.717, 1.165) is 0 Å². The Hall–Kier alpha value is -2.03. The molecule has 2 rings (SSSR count). The van der Waals surface area contributed by atoms with Gasteiger partial charge < -0.3 is 18.9 Å². The smallest absolute Gasteiger partial charge is 0.339 e. The molecule has 0 bridgehead atoms. The molecule has 1 aliphatic rings. The Morgan fingerprint density at radius 3 is 2.20 bits per heavy atom. The van der Waals surface area contributed by atoms with Gasteiger partial charge in [-0.05, 0) is 12.5 Å². The molecule has 1 saturated heterocycles. The van der Waals surface area contributed by atoms with Crippen molar-refractivity contribution in [3.63, 3.8) is 0 Å². The Morgan fingerprint density at radius 1 is 1.16 bits per heavy atom. The first-order chi connectivity index (χ1) is 11.7. The minimum Gasteiger partial charge on any atom is -0.425 e. The summed E-state index contributed by atoms with van der Waals surface area (Å²) in [5.74, 6) is -4.49. The summed E-state index contributed by atoms with van der Waals surface area (Å²) in [5, 5.41) is 11.4. The van der Waals surface area contributed by atoms with Crippen LogP contribution in [0.5, 0.6) is 0 Å². The van der Waals surface area contributed by atoms with Crippen molar-refractivity contribution in [1.82, 2.24) is 0 Å². The maximum Gasteiger partial charge on any atom is 0.339 e. The zero-order valence-electron chi connectivity index (χ0n) is 14.9. The molecule has 0 radical (unpaired) electrons. The second-order valence-corrected chi connectivity index (χ2v) is 6.22. The van der Waals surface area contributed by atoms with Gasteiger partial charge in [0.2, 0.25) is 11.8 Å². The Bertz CT molecular complexity index is 637. The van der Waals surface area contributed by atoms with Gasteiger partial charge in [0.1, 0.15) is 0 Å². The number of carbonyl (C=O) groups is 1. The molecule has 0 amide bonds. The summed E-state index contributed by atoms with van der Waals surface area (Å²) in [4.78, 5) is 23.6. The van der Waals surface area contributed by atoms with E-state index in [2.05, 4.69) is 0 Å². The van der Waals surface area contributed by atoms with E-state index in [4.69, 9.17) is 18.9 Å². The molecule has 8 nitrogen and oxygen atoms in total. The molecule has 0 spiro atoms. The fourth-order valence-electron chi connectivity index (χ4n) is 2.93. The average Bonchev–Trinajstić information content (AvgIpc) is 2.60. The normalized spacial score (nSPS) is 31.9. The second-order valence-electron chi connectivity index (χ2n) is 6.22. The Labute approximate surface area is 146 Å². The number of cyclic esters (lactones) is 1. The average molecular weight is 353 g/mol. The predicted octanol–water partition coefficient (Wildman–Crippen LogP) is 2.10. The standard InChI is InChI=1S/C17H23NO7/c1-11(18(20)21)13(12-9-7-6-8-10-12)14-15(19)25-17(3,23-5)16(2,22-4)24-14/h6-11,13-14H,1-5H3/t11-,13+,14+,16-,17-/m0/s1. The lowest BCUT2D eigenvalue weighted by Gasteiger charge is -2.49. The Balaban J connectivity index is 2.47. The topological polar surface area (TPSA) is 97.1 Å². The summed E-state index contributed by atoms with van der Waals surface area (Å²) in [7, 11) is 2.75. The molecular weight excluding hydrogens is 330 g/mol. The van der Waals surface area contributed by atoms with Gasteiger partial charge in [0.05, 0.1) is 5.92 Å². The van der Waals surface area contributed by atoms with Crippen LogP contribution in [0.1, 0.15) is 32.3 Å². The van der Waals surface area contributed by atoms with Gasteiger partial charge in [-0.3, -0.25) is 10.1 Å². The van der Waals surface area contributed by atoms with E-state index >= 15 is 0 Å². The number of methoxy groups -OCH3 is 2. The number of benzene rings is 1. The lowest BCUT2D eigenvalue weighted by molar-refractivity contribution is -0.526. The van der Waals surface area contributed by atoms with Gasteiger partial charge >= 0.3 is 5.97 Å². The van der Waals surface area contributed by atoms with Crippen LogP contribution in [0.3, 0.4) is 0 Å². The fraction of sp³-hybridized carbons (Fsp3) is 0.588. The van der Waals surface area contributed by atoms with Gasteiger partial charge in [-0.25, -0.2) is 4.79 Å². The summed E-state index contributed by atoms with van der Waals surface area (Å²) < 4.78 is 22.0. The van der Waals surface area contributed by atoms with Gasteiger partial charge in [0, 0.05) is 33.0 Å². The van der Waals surface area contributed by atoms with Gasteiger partial charge in [-0.2, -0.15) is 0 Å². The third kappa shape index (κ3) is 3.37.